The van der Waals surface area contributed by atoms with Gasteiger partial charge in [0.25, 0.3) is 0 Å². The summed E-state index contributed by atoms with van der Waals surface area (Å²) in [5, 5.41) is 6.54. The van der Waals surface area contributed by atoms with Crippen LogP contribution in [0.3, 0.4) is 0 Å². The van der Waals surface area contributed by atoms with Gasteiger partial charge in [0.15, 0.2) is 0 Å². The molecule has 1 aliphatic heterocycles. The molecule has 1 aliphatic rings. The predicted octanol–water partition coefficient (Wildman–Crippen LogP) is 2.98. The molecule has 2 N–H and O–H groups in total. The topological polar surface area (TPSA) is 50.4 Å². The fraction of sp³-hybridized carbons (Fsp3) is 0.632. The van der Waals surface area contributed by atoms with Gasteiger partial charge in [-0.2, -0.15) is 0 Å². The number of nitrogens with one attached hydrogen (secondary N) is 2. The molecule has 1 aromatic carbocycles. The van der Waals surface area contributed by atoms with Crippen molar-refractivity contribution in [3.63, 3.8) is 0 Å². The number of benzene rings is 1. The van der Waals surface area contributed by atoms with Gasteiger partial charge < -0.3 is 15.4 Å². The van der Waals surface area contributed by atoms with E-state index in [1.54, 1.807) is 7.11 Å². The number of hydrogen-bond donors (Lipinski definition) is 2. The molecule has 5 heteroatoms. The maximum Gasteiger partial charge on any atom is 0.228 e. The molecule has 2 rings (SSSR count). The first-order valence-corrected chi connectivity index (χ1v) is 8.62. The van der Waals surface area contributed by atoms with Crippen molar-refractivity contribution < 1.29 is 9.53 Å². The first-order valence-electron chi connectivity index (χ1n) is 8.62. The molecule has 1 aromatic rings. The lowest BCUT2D eigenvalue weighted by atomic mass is 9.78. The fourth-order valence-electron chi connectivity index (χ4n) is 3.45. The molecule has 0 saturated carbocycles. The van der Waals surface area contributed by atoms with Crippen LogP contribution in [-0.2, 0) is 9.53 Å². The normalized spacial score (nSPS) is 17.8. The van der Waals surface area contributed by atoms with Gasteiger partial charge in [-0.25, -0.2) is 0 Å². The lowest BCUT2D eigenvalue weighted by Gasteiger charge is -2.36. The molecule has 0 aromatic heterocycles. The first kappa shape index (κ1) is 20.9. The number of amides is 1. The van der Waals surface area contributed by atoms with Crippen molar-refractivity contribution in [1.82, 2.24) is 10.6 Å². The summed E-state index contributed by atoms with van der Waals surface area (Å²) in [5.74, 6) is 0.952. The van der Waals surface area contributed by atoms with Gasteiger partial charge in [0.2, 0.25) is 5.91 Å². The summed E-state index contributed by atoms with van der Waals surface area (Å²) < 4.78 is 5.36. The standard InChI is InChI=1S/C19H30N2O2.ClH/c1-15(2)17(16-7-5-4-6-8-16)13-21-18(22)19(14-23-3)9-11-20-12-10-19;/h4-8,15,17,20H,9-14H2,1-3H3,(H,21,22);1H. The van der Waals surface area contributed by atoms with E-state index in [0.717, 1.165) is 25.9 Å². The van der Waals surface area contributed by atoms with E-state index < -0.39 is 0 Å². The molecular formula is C19H31ClN2O2. The summed E-state index contributed by atoms with van der Waals surface area (Å²) in [6.07, 6.45) is 1.68. The summed E-state index contributed by atoms with van der Waals surface area (Å²) in [4.78, 5) is 12.8. The molecule has 136 valence electrons. The van der Waals surface area contributed by atoms with E-state index in [9.17, 15) is 4.79 Å². The van der Waals surface area contributed by atoms with Gasteiger partial charge >= 0.3 is 0 Å². The van der Waals surface area contributed by atoms with Gasteiger partial charge in [-0.3, -0.25) is 4.79 Å². The lowest BCUT2D eigenvalue weighted by molar-refractivity contribution is -0.136. The van der Waals surface area contributed by atoms with Crippen LogP contribution in [0.4, 0.5) is 0 Å². The Hall–Kier alpha value is -1.10. The van der Waals surface area contributed by atoms with Crippen LogP contribution in [0.15, 0.2) is 30.3 Å². The zero-order valence-electron chi connectivity index (χ0n) is 15.0. The molecule has 1 saturated heterocycles. The number of methoxy groups -OCH3 is 1. The summed E-state index contributed by atoms with van der Waals surface area (Å²) in [5.41, 5.74) is 0.909. The number of piperidine rings is 1. The van der Waals surface area contributed by atoms with E-state index >= 15 is 0 Å². The number of halogens is 1. The predicted molar refractivity (Wildman–Crippen MR) is 101 cm³/mol. The smallest absolute Gasteiger partial charge is 0.228 e. The number of ether oxygens (including phenoxy) is 1. The summed E-state index contributed by atoms with van der Waals surface area (Å²) in [7, 11) is 1.68. The maximum absolute atomic E-state index is 12.8. The molecule has 0 spiro atoms. The monoisotopic (exact) mass is 354 g/mol. The van der Waals surface area contributed by atoms with Crippen LogP contribution in [0, 0.1) is 11.3 Å². The van der Waals surface area contributed by atoms with Gasteiger partial charge in [0.1, 0.15) is 0 Å². The lowest BCUT2D eigenvalue weighted by Crippen LogP contribution is -2.51. The highest BCUT2D eigenvalue weighted by atomic mass is 35.5. The van der Waals surface area contributed by atoms with Gasteiger partial charge in [0.05, 0.1) is 12.0 Å². The minimum Gasteiger partial charge on any atom is -0.384 e. The number of rotatable bonds is 7. The quantitative estimate of drug-likeness (QED) is 0.791. The highest BCUT2D eigenvalue weighted by Crippen LogP contribution is 2.30. The van der Waals surface area contributed by atoms with Crippen molar-refractivity contribution in [3.8, 4) is 0 Å². The zero-order chi connectivity index (χ0) is 16.7. The molecule has 0 bridgehead atoms. The van der Waals surface area contributed by atoms with E-state index in [1.807, 2.05) is 6.07 Å². The number of carbonyl (C=O) groups excluding carboxylic acids is 1. The van der Waals surface area contributed by atoms with Crippen LogP contribution >= 0.6 is 12.4 Å². The van der Waals surface area contributed by atoms with Gasteiger partial charge in [0, 0.05) is 19.6 Å². The summed E-state index contributed by atoms with van der Waals surface area (Å²) >= 11 is 0. The highest BCUT2D eigenvalue weighted by molar-refractivity contribution is 5.85. The first-order chi connectivity index (χ1) is 11.1. The van der Waals surface area contributed by atoms with Crippen LogP contribution in [0.25, 0.3) is 0 Å². The van der Waals surface area contributed by atoms with E-state index in [1.165, 1.54) is 5.56 Å². The SMILES string of the molecule is COCC1(C(=O)NCC(c2ccccc2)C(C)C)CCNCC1.Cl. The minimum atomic E-state index is -0.377. The third-order valence-corrected chi connectivity index (χ3v) is 4.98. The number of hydrogen-bond acceptors (Lipinski definition) is 3. The third kappa shape index (κ3) is 5.20. The van der Waals surface area contributed by atoms with Crippen molar-refractivity contribution >= 4 is 18.3 Å². The molecule has 0 aliphatic carbocycles. The molecule has 1 heterocycles. The Morgan fingerprint density at radius 2 is 1.88 bits per heavy atom. The molecule has 4 nitrogen and oxygen atoms in total. The van der Waals surface area contributed by atoms with Crippen molar-refractivity contribution in [1.29, 1.82) is 0 Å². The molecule has 24 heavy (non-hydrogen) atoms. The largest absolute Gasteiger partial charge is 0.384 e. The Morgan fingerprint density at radius 1 is 1.25 bits per heavy atom. The Labute approximate surface area is 152 Å². The van der Waals surface area contributed by atoms with Crippen molar-refractivity contribution in [2.75, 3.05) is 33.4 Å². The molecule has 1 atom stereocenters. The summed E-state index contributed by atoms with van der Waals surface area (Å²) in [6.45, 7) is 7.35. The van der Waals surface area contributed by atoms with E-state index in [4.69, 9.17) is 4.74 Å². The number of carbonyl (C=O) groups is 1. The minimum absolute atomic E-state index is 0. The van der Waals surface area contributed by atoms with E-state index in [2.05, 4.69) is 48.7 Å². The van der Waals surface area contributed by atoms with Crippen LogP contribution in [0.5, 0.6) is 0 Å². The Bertz CT molecular complexity index is 482. The van der Waals surface area contributed by atoms with Crippen molar-refractivity contribution in [2.45, 2.75) is 32.6 Å². The van der Waals surface area contributed by atoms with Crippen LogP contribution in [0.2, 0.25) is 0 Å². The average molecular weight is 355 g/mol. The van der Waals surface area contributed by atoms with Crippen LogP contribution < -0.4 is 10.6 Å². The van der Waals surface area contributed by atoms with Gasteiger partial charge in [-0.1, -0.05) is 44.2 Å². The second-order valence-electron chi connectivity index (χ2n) is 6.93. The second-order valence-corrected chi connectivity index (χ2v) is 6.93. The fourth-order valence-corrected chi connectivity index (χ4v) is 3.45. The third-order valence-electron chi connectivity index (χ3n) is 4.98. The van der Waals surface area contributed by atoms with Crippen molar-refractivity contribution in [3.05, 3.63) is 35.9 Å². The average Bonchev–Trinajstić information content (AvgIpc) is 2.56. The molecular weight excluding hydrogens is 324 g/mol. The molecule has 0 radical (unpaired) electrons. The Kier molecular flexibility index (Phi) is 8.74. The van der Waals surface area contributed by atoms with E-state index in [-0.39, 0.29) is 23.7 Å². The molecule has 1 amide bonds. The maximum atomic E-state index is 12.8. The highest BCUT2D eigenvalue weighted by Gasteiger charge is 2.39. The summed E-state index contributed by atoms with van der Waals surface area (Å²) in [6, 6.07) is 10.4. The zero-order valence-corrected chi connectivity index (χ0v) is 15.8. The molecule has 1 fully saturated rings. The van der Waals surface area contributed by atoms with E-state index in [0.29, 0.717) is 25.0 Å². The van der Waals surface area contributed by atoms with Crippen LogP contribution in [0.1, 0.15) is 38.2 Å². The van der Waals surface area contributed by atoms with Gasteiger partial charge in [-0.05, 0) is 37.4 Å². The van der Waals surface area contributed by atoms with Crippen LogP contribution in [-0.4, -0.2) is 39.3 Å². The Balaban J connectivity index is 0.00000288. The second kappa shape index (κ2) is 10.0. The van der Waals surface area contributed by atoms with Gasteiger partial charge in [-0.15, -0.1) is 12.4 Å². The molecule has 1 unspecified atom stereocenters. The Morgan fingerprint density at radius 3 is 2.42 bits per heavy atom. The van der Waals surface area contributed by atoms with Crippen molar-refractivity contribution in [2.24, 2.45) is 11.3 Å².